The van der Waals surface area contributed by atoms with Gasteiger partial charge < -0.3 is 4.98 Å². The van der Waals surface area contributed by atoms with Crippen LogP contribution in [0.4, 0.5) is 0 Å². The smallest absolute Gasteiger partial charge is 0.273 e. The molecule has 0 unspecified atom stereocenters. The number of hydrogen-bond donors (Lipinski definition) is 2. The van der Waals surface area contributed by atoms with E-state index in [0.29, 0.717) is 12.0 Å². The Bertz CT molecular complexity index is 980. The zero-order valence-electron chi connectivity index (χ0n) is 13.2. The summed E-state index contributed by atoms with van der Waals surface area (Å²) in [4.78, 5) is 19.6. The average molecular weight is 316 g/mol. The molecule has 4 rings (SSSR count). The summed E-state index contributed by atoms with van der Waals surface area (Å²) in [6.45, 7) is 2.05. The lowest BCUT2D eigenvalue weighted by Crippen LogP contribution is -2.13. The van der Waals surface area contributed by atoms with E-state index < -0.39 is 0 Å². The van der Waals surface area contributed by atoms with Gasteiger partial charge in [-0.05, 0) is 30.7 Å². The van der Waals surface area contributed by atoms with E-state index in [1.807, 2.05) is 24.4 Å². The van der Waals surface area contributed by atoms with Crippen molar-refractivity contribution >= 4 is 28.7 Å². The minimum atomic E-state index is -0.171. The zero-order chi connectivity index (χ0) is 16.5. The Balaban J connectivity index is 1.68. The molecule has 0 saturated carbocycles. The van der Waals surface area contributed by atoms with Gasteiger partial charge in [0.15, 0.2) is 0 Å². The van der Waals surface area contributed by atoms with E-state index in [2.05, 4.69) is 51.7 Å². The van der Waals surface area contributed by atoms with Crippen LogP contribution in [0.2, 0.25) is 0 Å². The average Bonchev–Trinajstić information content (AvgIpc) is 3.16. The minimum Gasteiger partial charge on any atom is -0.346 e. The molecule has 0 bridgehead atoms. The largest absolute Gasteiger partial charge is 0.346 e. The fourth-order valence-electron chi connectivity index (χ4n) is 2.80. The first kappa shape index (κ1) is 14.4. The number of aryl methyl sites for hydroxylation is 1. The summed E-state index contributed by atoms with van der Waals surface area (Å²) < 4.78 is 0. The second kappa shape index (κ2) is 5.77. The van der Waals surface area contributed by atoms with Crippen molar-refractivity contribution < 1.29 is 4.79 Å². The van der Waals surface area contributed by atoms with E-state index in [1.54, 1.807) is 6.20 Å². The lowest BCUT2D eigenvalue weighted by molar-refractivity contribution is -0.116. The van der Waals surface area contributed by atoms with Crippen molar-refractivity contribution in [2.45, 2.75) is 13.3 Å². The maximum atomic E-state index is 12.2. The lowest BCUT2D eigenvalue weighted by Gasteiger charge is -2.03. The van der Waals surface area contributed by atoms with Crippen LogP contribution in [0.25, 0.3) is 17.1 Å². The summed E-state index contributed by atoms with van der Waals surface area (Å²) in [6.07, 6.45) is 6.09. The number of aromatic nitrogens is 2. The molecule has 3 aromatic rings. The summed E-state index contributed by atoms with van der Waals surface area (Å²) in [5.41, 5.74) is 7.99. The van der Waals surface area contributed by atoms with E-state index in [0.717, 1.165) is 27.9 Å². The minimum absolute atomic E-state index is 0.171. The van der Waals surface area contributed by atoms with Gasteiger partial charge in [0.05, 0.1) is 11.3 Å². The third kappa shape index (κ3) is 2.60. The molecule has 0 radical (unpaired) electrons. The van der Waals surface area contributed by atoms with E-state index in [-0.39, 0.29) is 5.91 Å². The van der Waals surface area contributed by atoms with Crippen molar-refractivity contribution in [3.63, 3.8) is 0 Å². The van der Waals surface area contributed by atoms with Crippen molar-refractivity contribution in [3.05, 3.63) is 71.1 Å². The monoisotopic (exact) mass is 316 g/mol. The summed E-state index contributed by atoms with van der Waals surface area (Å²) in [5.74, 6) is -0.171. The Morgan fingerprint density at radius 1 is 1.17 bits per heavy atom. The Morgan fingerprint density at radius 3 is 2.83 bits per heavy atom. The van der Waals surface area contributed by atoms with Crippen LogP contribution in [0.15, 0.2) is 59.5 Å². The molecule has 3 heterocycles. The van der Waals surface area contributed by atoms with E-state index in [9.17, 15) is 4.79 Å². The Hall–Kier alpha value is -3.21. The zero-order valence-corrected chi connectivity index (χ0v) is 13.2. The standard InChI is InChI=1S/C19H16N4O/c1-12-4-6-13(7-5-12)9-17-16(19(24)23-22-17)10-14-11-21-18-15(14)3-2-8-20-18/h2-8,10-11H,9H2,1H3,(H,20,21)(H,23,24). The molecule has 24 heavy (non-hydrogen) atoms. The molecule has 5 nitrogen and oxygen atoms in total. The molecule has 2 N–H and O–H groups in total. The number of amides is 1. The van der Waals surface area contributed by atoms with Crippen LogP contribution < -0.4 is 5.43 Å². The van der Waals surface area contributed by atoms with Crippen molar-refractivity contribution in [1.29, 1.82) is 0 Å². The third-order valence-electron chi connectivity index (χ3n) is 4.12. The number of H-pyrrole nitrogens is 1. The first-order chi connectivity index (χ1) is 11.7. The first-order valence-electron chi connectivity index (χ1n) is 7.77. The number of benzene rings is 1. The fourth-order valence-corrected chi connectivity index (χ4v) is 2.80. The van der Waals surface area contributed by atoms with Crippen molar-refractivity contribution in [2.24, 2.45) is 5.10 Å². The Labute approximate surface area is 139 Å². The van der Waals surface area contributed by atoms with Crippen molar-refractivity contribution in [2.75, 3.05) is 0 Å². The molecule has 0 atom stereocenters. The lowest BCUT2D eigenvalue weighted by atomic mass is 10.00. The van der Waals surface area contributed by atoms with Gasteiger partial charge in [-0.2, -0.15) is 5.10 Å². The summed E-state index contributed by atoms with van der Waals surface area (Å²) in [7, 11) is 0. The van der Waals surface area contributed by atoms with Gasteiger partial charge in [0.1, 0.15) is 5.65 Å². The molecule has 118 valence electrons. The molecule has 1 amide bonds. The van der Waals surface area contributed by atoms with Gasteiger partial charge in [0.25, 0.3) is 5.91 Å². The van der Waals surface area contributed by atoms with Crippen LogP contribution in [0, 0.1) is 6.92 Å². The Morgan fingerprint density at radius 2 is 2.00 bits per heavy atom. The normalized spacial score (nSPS) is 15.8. The molecular weight excluding hydrogens is 300 g/mol. The van der Waals surface area contributed by atoms with Crippen LogP contribution in [0.5, 0.6) is 0 Å². The molecule has 1 aliphatic heterocycles. The van der Waals surface area contributed by atoms with Gasteiger partial charge in [-0.15, -0.1) is 0 Å². The number of aromatic amines is 1. The number of carbonyl (C=O) groups is 1. The van der Waals surface area contributed by atoms with Gasteiger partial charge in [-0.25, -0.2) is 10.4 Å². The maximum absolute atomic E-state index is 12.2. The summed E-state index contributed by atoms with van der Waals surface area (Å²) in [5, 5.41) is 5.19. The highest BCUT2D eigenvalue weighted by atomic mass is 16.2. The molecule has 0 fully saturated rings. The third-order valence-corrected chi connectivity index (χ3v) is 4.12. The van der Waals surface area contributed by atoms with Gasteiger partial charge in [0, 0.05) is 29.8 Å². The highest BCUT2D eigenvalue weighted by Gasteiger charge is 2.23. The molecule has 0 aliphatic carbocycles. The van der Waals surface area contributed by atoms with Crippen LogP contribution in [-0.4, -0.2) is 21.6 Å². The van der Waals surface area contributed by atoms with Crippen LogP contribution in [-0.2, 0) is 11.2 Å². The summed E-state index contributed by atoms with van der Waals surface area (Å²) >= 11 is 0. The second-order valence-corrected chi connectivity index (χ2v) is 5.86. The van der Waals surface area contributed by atoms with Crippen LogP contribution >= 0.6 is 0 Å². The van der Waals surface area contributed by atoms with E-state index in [1.165, 1.54) is 5.56 Å². The topological polar surface area (TPSA) is 70.1 Å². The number of nitrogens with one attached hydrogen (secondary N) is 2. The molecule has 0 spiro atoms. The fraction of sp³-hybridized carbons (Fsp3) is 0.105. The SMILES string of the molecule is Cc1ccc(CC2=NNC(=O)C2=Cc2c[nH]c3ncccc23)cc1. The highest BCUT2D eigenvalue weighted by Crippen LogP contribution is 2.21. The second-order valence-electron chi connectivity index (χ2n) is 5.86. The van der Waals surface area contributed by atoms with E-state index >= 15 is 0 Å². The predicted molar refractivity (Wildman–Crippen MR) is 94.5 cm³/mol. The summed E-state index contributed by atoms with van der Waals surface area (Å²) in [6, 6.07) is 12.1. The molecule has 2 aromatic heterocycles. The van der Waals surface area contributed by atoms with Crippen molar-refractivity contribution in [1.82, 2.24) is 15.4 Å². The van der Waals surface area contributed by atoms with Gasteiger partial charge in [0.2, 0.25) is 0 Å². The maximum Gasteiger partial charge on any atom is 0.273 e. The van der Waals surface area contributed by atoms with Crippen LogP contribution in [0.3, 0.4) is 0 Å². The van der Waals surface area contributed by atoms with Gasteiger partial charge in [-0.3, -0.25) is 4.79 Å². The molecule has 1 aliphatic rings. The quantitative estimate of drug-likeness (QED) is 0.729. The van der Waals surface area contributed by atoms with Crippen LogP contribution in [0.1, 0.15) is 16.7 Å². The number of pyridine rings is 1. The first-order valence-corrected chi connectivity index (χ1v) is 7.77. The van der Waals surface area contributed by atoms with E-state index in [4.69, 9.17) is 0 Å². The number of nitrogens with zero attached hydrogens (tertiary/aromatic N) is 2. The highest BCUT2D eigenvalue weighted by molar-refractivity contribution is 6.28. The molecular formula is C19H16N4O. The van der Waals surface area contributed by atoms with Crippen molar-refractivity contribution in [3.8, 4) is 0 Å². The number of carbonyl (C=O) groups excluding carboxylic acids is 1. The molecule has 1 aromatic carbocycles. The molecule has 0 saturated heterocycles. The Kier molecular flexibility index (Phi) is 3.46. The number of fused-ring (bicyclic) bond motifs is 1. The number of rotatable bonds is 3. The predicted octanol–water partition coefficient (Wildman–Crippen LogP) is 2.98. The van der Waals surface area contributed by atoms with Gasteiger partial charge in [-0.1, -0.05) is 29.8 Å². The molecule has 5 heteroatoms. The van der Waals surface area contributed by atoms with Gasteiger partial charge >= 0.3 is 0 Å². The number of hydrazone groups is 1. The number of hydrogen-bond acceptors (Lipinski definition) is 3.